The van der Waals surface area contributed by atoms with Crippen LogP contribution in [0.4, 0.5) is 10.1 Å². The Morgan fingerprint density at radius 3 is 2.65 bits per heavy atom. The number of anilines is 1. The molecule has 5 heteroatoms. The van der Waals surface area contributed by atoms with E-state index in [9.17, 15) is 14.0 Å². The number of nitrogens with one attached hydrogen (secondary N) is 1. The Labute approximate surface area is 133 Å². The molecule has 0 spiro atoms. The number of furan rings is 1. The van der Waals surface area contributed by atoms with Crippen LogP contribution in [-0.2, 0) is 6.42 Å². The summed E-state index contributed by atoms with van der Waals surface area (Å²) in [4.78, 5) is 24.7. The highest BCUT2D eigenvalue weighted by Gasteiger charge is 2.37. The van der Waals surface area contributed by atoms with Gasteiger partial charge in [-0.3, -0.25) is 9.59 Å². The van der Waals surface area contributed by atoms with Gasteiger partial charge >= 0.3 is 0 Å². The van der Waals surface area contributed by atoms with Crippen LogP contribution in [0, 0.1) is 18.2 Å². The van der Waals surface area contributed by atoms with Crippen LogP contribution < -0.4 is 5.32 Å². The third-order valence-corrected chi connectivity index (χ3v) is 4.11. The maximum atomic E-state index is 13.7. The first-order valence-corrected chi connectivity index (χ1v) is 7.50. The van der Waals surface area contributed by atoms with Crippen LogP contribution in [0.1, 0.15) is 52.5 Å². The van der Waals surface area contributed by atoms with E-state index in [4.69, 9.17) is 4.42 Å². The molecule has 1 amide bonds. The summed E-state index contributed by atoms with van der Waals surface area (Å²) in [5.41, 5.74) is 0.920. The third kappa shape index (κ3) is 2.79. The number of halogens is 1. The van der Waals surface area contributed by atoms with E-state index in [0.717, 1.165) is 0 Å². The molecule has 1 aliphatic rings. The average Bonchev–Trinajstić information content (AvgIpc) is 2.77. The number of ketones is 1. The van der Waals surface area contributed by atoms with E-state index in [1.165, 1.54) is 12.1 Å². The first-order chi connectivity index (χ1) is 10.8. The lowest BCUT2D eigenvalue weighted by atomic mass is 9.76. The van der Waals surface area contributed by atoms with E-state index in [1.54, 1.807) is 19.1 Å². The summed E-state index contributed by atoms with van der Waals surface area (Å²) < 4.78 is 19.3. The molecule has 120 valence electrons. The van der Waals surface area contributed by atoms with Crippen LogP contribution in [0.25, 0.3) is 0 Å². The van der Waals surface area contributed by atoms with E-state index in [-0.39, 0.29) is 22.6 Å². The molecule has 0 atom stereocenters. The maximum Gasteiger partial charge on any atom is 0.291 e. The van der Waals surface area contributed by atoms with Crippen LogP contribution >= 0.6 is 0 Å². The van der Waals surface area contributed by atoms with Crippen LogP contribution in [0.15, 0.2) is 28.7 Å². The normalized spacial score (nSPS) is 16.1. The summed E-state index contributed by atoms with van der Waals surface area (Å²) in [5, 5.41) is 2.49. The Hall–Kier alpha value is -2.43. The molecule has 0 saturated carbocycles. The van der Waals surface area contributed by atoms with Crippen molar-refractivity contribution in [1.29, 1.82) is 0 Å². The van der Waals surface area contributed by atoms with Crippen molar-refractivity contribution in [3.63, 3.8) is 0 Å². The molecule has 1 aromatic carbocycles. The lowest BCUT2D eigenvalue weighted by molar-refractivity contribution is 0.0898. The van der Waals surface area contributed by atoms with Gasteiger partial charge in [-0.15, -0.1) is 0 Å². The van der Waals surface area contributed by atoms with Gasteiger partial charge in [-0.1, -0.05) is 26.0 Å². The summed E-state index contributed by atoms with van der Waals surface area (Å²) in [7, 11) is 0. The zero-order valence-electron chi connectivity index (χ0n) is 13.3. The molecule has 23 heavy (non-hydrogen) atoms. The Morgan fingerprint density at radius 1 is 1.26 bits per heavy atom. The van der Waals surface area contributed by atoms with Crippen molar-refractivity contribution in [3.05, 3.63) is 52.7 Å². The van der Waals surface area contributed by atoms with E-state index < -0.39 is 11.7 Å². The monoisotopic (exact) mass is 315 g/mol. The highest BCUT2D eigenvalue weighted by molar-refractivity contribution is 6.07. The molecule has 2 aromatic rings. The average molecular weight is 315 g/mol. The maximum absolute atomic E-state index is 13.7. The number of fused-ring (bicyclic) bond motifs is 1. The SMILES string of the molecule is Cc1c(C(=O)Nc2ccccc2F)oc2c1C(=O)CC(C)(C)C2. The first kappa shape index (κ1) is 15.5. The van der Waals surface area contributed by atoms with Gasteiger partial charge in [0.1, 0.15) is 11.6 Å². The van der Waals surface area contributed by atoms with Crippen molar-refractivity contribution >= 4 is 17.4 Å². The number of rotatable bonds is 2. The molecule has 1 heterocycles. The summed E-state index contributed by atoms with van der Waals surface area (Å²) in [6.07, 6.45) is 1.02. The van der Waals surface area contributed by atoms with Gasteiger partial charge in [-0.05, 0) is 24.5 Å². The summed E-state index contributed by atoms with van der Waals surface area (Å²) in [5.74, 6) is -0.464. The zero-order valence-corrected chi connectivity index (χ0v) is 13.3. The van der Waals surface area contributed by atoms with E-state index >= 15 is 0 Å². The highest BCUT2D eigenvalue weighted by Crippen LogP contribution is 2.38. The number of hydrogen-bond donors (Lipinski definition) is 1. The molecule has 3 rings (SSSR count). The second kappa shape index (κ2) is 5.33. The van der Waals surface area contributed by atoms with Crippen LogP contribution in [0.3, 0.4) is 0 Å². The minimum Gasteiger partial charge on any atom is -0.455 e. The minimum absolute atomic E-state index is 0.0116. The molecule has 1 aromatic heterocycles. The van der Waals surface area contributed by atoms with E-state index in [2.05, 4.69) is 5.32 Å². The molecule has 1 aliphatic carbocycles. The van der Waals surface area contributed by atoms with Crippen molar-refractivity contribution in [2.24, 2.45) is 5.41 Å². The Morgan fingerprint density at radius 2 is 1.96 bits per heavy atom. The predicted molar refractivity (Wildman–Crippen MR) is 84.2 cm³/mol. The van der Waals surface area contributed by atoms with Gasteiger partial charge in [0.2, 0.25) is 0 Å². The molecule has 0 radical (unpaired) electrons. The van der Waals surface area contributed by atoms with E-state index in [0.29, 0.717) is 29.7 Å². The lowest BCUT2D eigenvalue weighted by Crippen LogP contribution is -2.26. The summed E-state index contributed by atoms with van der Waals surface area (Å²) in [6, 6.07) is 5.91. The highest BCUT2D eigenvalue weighted by atomic mass is 19.1. The lowest BCUT2D eigenvalue weighted by Gasteiger charge is -2.27. The fourth-order valence-electron chi connectivity index (χ4n) is 3.04. The standard InChI is InChI=1S/C18H18FNO3/c1-10-15-13(21)8-18(2,3)9-14(15)23-16(10)17(22)20-12-7-5-4-6-11(12)19/h4-7H,8-9H2,1-3H3,(H,20,22). The van der Waals surface area contributed by atoms with Gasteiger partial charge in [0.05, 0.1) is 11.3 Å². The number of benzene rings is 1. The van der Waals surface area contributed by atoms with Crippen molar-refractivity contribution < 1.29 is 18.4 Å². The van der Waals surface area contributed by atoms with Crippen molar-refractivity contribution in [3.8, 4) is 0 Å². The van der Waals surface area contributed by atoms with Crippen molar-refractivity contribution in [1.82, 2.24) is 0 Å². The summed E-state index contributed by atoms with van der Waals surface area (Å²) in [6.45, 7) is 5.67. The van der Waals surface area contributed by atoms with Gasteiger partial charge < -0.3 is 9.73 Å². The first-order valence-electron chi connectivity index (χ1n) is 7.50. The molecule has 0 bridgehead atoms. The molecule has 0 aliphatic heterocycles. The Kier molecular flexibility index (Phi) is 3.59. The number of amides is 1. The number of Topliss-reactive ketones (excluding diaryl/α,β-unsaturated/α-hetero) is 1. The molecule has 0 fully saturated rings. The van der Waals surface area contributed by atoms with Gasteiger partial charge in [-0.25, -0.2) is 4.39 Å². The molecular formula is C18H18FNO3. The predicted octanol–water partition coefficient (Wildman–Crippen LogP) is 4.13. The van der Waals surface area contributed by atoms with Crippen LogP contribution in [0.2, 0.25) is 0 Å². The smallest absolute Gasteiger partial charge is 0.291 e. The molecule has 0 saturated heterocycles. The van der Waals surface area contributed by atoms with Gasteiger partial charge in [0.25, 0.3) is 5.91 Å². The fraction of sp³-hybridized carbons (Fsp3) is 0.333. The Bertz CT molecular complexity index is 805. The van der Waals surface area contributed by atoms with Gasteiger partial charge in [0, 0.05) is 18.4 Å². The van der Waals surface area contributed by atoms with Crippen molar-refractivity contribution in [2.45, 2.75) is 33.6 Å². The number of hydrogen-bond acceptors (Lipinski definition) is 3. The van der Waals surface area contributed by atoms with Gasteiger partial charge in [0.15, 0.2) is 11.5 Å². The molecular weight excluding hydrogens is 297 g/mol. The van der Waals surface area contributed by atoms with E-state index in [1.807, 2.05) is 13.8 Å². The largest absolute Gasteiger partial charge is 0.455 e. The number of carbonyl (C=O) groups excluding carboxylic acids is 2. The second-order valence-corrected chi connectivity index (χ2v) is 6.73. The topological polar surface area (TPSA) is 59.3 Å². The van der Waals surface area contributed by atoms with Crippen LogP contribution in [-0.4, -0.2) is 11.7 Å². The quantitative estimate of drug-likeness (QED) is 0.906. The van der Waals surface area contributed by atoms with Gasteiger partial charge in [-0.2, -0.15) is 0 Å². The molecule has 0 unspecified atom stereocenters. The molecule has 1 N–H and O–H groups in total. The molecule has 4 nitrogen and oxygen atoms in total. The third-order valence-electron chi connectivity index (χ3n) is 4.11. The second-order valence-electron chi connectivity index (χ2n) is 6.73. The fourth-order valence-corrected chi connectivity index (χ4v) is 3.04. The van der Waals surface area contributed by atoms with Crippen LogP contribution in [0.5, 0.6) is 0 Å². The van der Waals surface area contributed by atoms with Crippen molar-refractivity contribution in [2.75, 3.05) is 5.32 Å². The summed E-state index contributed by atoms with van der Waals surface area (Å²) >= 11 is 0. The Balaban J connectivity index is 1.94. The zero-order chi connectivity index (χ0) is 16.8. The number of para-hydroxylation sites is 1. The number of carbonyl (C=O) groups is 2. The minimum atomic E-state index is -0.549.